The average Bonchev–Trinajstić information content (AvgIpc) is 2.98. The van der Waals surface area contributed by atoms with Crippen LogP contribution < -0.4 is 5.32 Å². The van der Waals surface area contributed by atoms with Crippen molar-refractivity contribution in [1.29, 1.82) is 0 Å². The Morgan fingerprint density at radius 3 is 2.31 bits per heavy atom. The summed E-state index contributed by atoms with van der Waals surface area (Å²) < 4.78 is 47.8. The number of amides is 1. The number of esters is 2. The minimum atomic E-state index is -5.15. The summed E-state index contributed by atoms with van der Waals surface area (Å²) in [6, 6.07) is 9.23. The third kappa shape index (κ3) is 5.80. The fourth-order valence-electron chi connectivity index (χ4n) is 2.39. The maximum Gasteiger partial charge on any atom is 0.471 e. The molecule has 0 fully saturated rings. The van der Waals surface area contributed by atoms with Crippen molar-refractivity contribution in [1.82, 2.24) is 0 Å². The van der Waals surface area contributed by atoms with E-state index in [1.165, 1.54) is 13.8 Å². The predicted octanol–water partition coefficient (Wildman–Crippen LogP) is 4.13. The molecule has 1 heterocycles. The van der Waals surface area contributed by atoms with Gasteiger partial charge in [0, 0.05) is 6.42 Å². The summed E-state index contributed by atoms with van der Waals surface area (Å²) in [5.74, 6) is -4.00. The van der Waals surface area contributed by atoms with Crippen molar-refractivity contribution in [3.05, 3.63) is 51.9 Å². The molecule has 29 heavy (non-hydrogen) atoms. The Labute approximate surface area is 168 Å². The number of hydrogen-bond acceptors (Lipinski definition) is 6. The Morgan fingerprint density at radius 2 is 1.72 bits per heavy atom. The molecular formula is C19H18F3NO5S. The predicted molar refractivity (Wildman–Crippen MR) is 100 cm³/mol. The number of anilines is 1. The molecule has 2 aromatic rings. The van der Waals surface area contributed by atoms with Gasteiger partial charge in [-0.1, -0.05) is 30.3 Å². The largest absolute Gasteiger partial charge is 0.471 e. The molecule has 156 valence electrons. The van der Waals surface area contributed by atoms with Gasteiger partial charge in [-0.3, -0.25) is 4.79 Å². The van der Waals surface area contributed by atoms with Gasteiger partial charge in [0.2, 0.25) is 0 Å². The minimum absolute atomic E-state index is 0.0301. The van der Waals surface area contributed by atoms with E-state index >= 15 is 0 Å². The van der Waals surface area contributed by atoms with Gasteiger partial charge < -0.3 is 14.8 Å². The van der Waals surface area contributed by atoms with Gasteiger partial charge in [0.1, 0.15) is 9.88 Å². The van der Waals surface area contributed by atoms with E-state index in [1.807, 2.05) is 30.3 Å². The molecule has 0 unspecified atom stereocenters. The molecule has 1 N–H and O–H groups in total. The van der Waals surface area contributed by atoms with Crippen LogP contribution in [0, 0.1) is 6.92 Å². The first-order chi connectivity index (χ1) is 13.6. The monoisotopic (exact) mass is 429 g/mol. The summed E-state index contributed by atoms with van der Waals surface area (Å²) in [6.45, 7) is 2.91. The number of hydrogen-bond donors (Lipinski definition) is 1. The molecule has 0 saturated carbocycles. The Kier molecular flexibility index (Phi) is 7.38. The van der Waals surface area contributed by atoms with Crippen LogP contribution in [0.15, 0.2) is 30.3 Å². The van der Waals surface area contributed by atoms with Gasteiger partial charge in [0.25, 0.3) is 0 Å². The van der Waals surface area contributed by atoms with Crippen LogP contribution in [0.5, 0.6) is 0 Å². The second kappa shape index (κ2) is 9.55. The summed E-state index contributed by atoms with van der Waals surface area (Å²) in [6.07, 6.45) is -4.71. The van der Waals surface area contributed by atoms with E-state index in [1.54, 1.807) is 5.32 Å². The highest BCUT2D eigenvalue weighted by atomic mass is 32.1. The first-order valence-electron chi connectivity index (χ1n) is 8.54. The number of rotatable bonds is 7. The number of ether oxygens (including phenoxy) is 2. The highest BCUT2D eigenvalue weighted by molar-refractivity contribution is 7.18. The smallest absolute Gasteiger partial charge is 0.462 e. The quantitative estimate of drug-likeness (QED) is 0.670. The standard InChI is InChI=1S/C19H18F3NO5S/c1-3-27-16(24)13-11(2)14(29-15(13)23-18(26)19(20,21)22)17(25)28-10-9-12-7-5-4-6-8-12/h4-8H,3,9-10H2,1-2H3,(H,23,26). The molecule has 1 aromatic carbocycles. The number of carbonyl (C=O) groups is 3. The lowest BCUT2D eigenvalue weighted by Crippen LogP contribution is -2.30. The molecule has 1 aromatic heterocycles. The normalized spacial score (nSPS) is 11.1. The van der Waals surface area contributed by atoms with Gasteiger partial charge in [0.15, 0.2) is 0 Å². The minimum Gasteiger partial charge on any atom is -0.462 e. The van der Waals surface area contributed by atoms with E-state index in [-0.39, 0.29) is 29.2 Å². The topological polar surface area (TPSA) is 81.7 Å². The van der Waals surface area contributed by atoms with Gasteiger partial charge in [0.05, 0.1) is 18.8 Å². The van der Waals surface area contributed by atoms with Crippen molar-refractivity contribution in [2.45, 2.75) is 26.4 Å². The molecule has 0 saturated heterocycles. The summed E-state index contributed by atoms with van der Waals surface area (Å²) in [5.41, 5.74) is 0.716. The second-order valence-electron chi connectivity index (χ2n) is 5.80. The molecule has 0 radical (unpaired) electrons. The van der Waals surface area contributed by atoms with Crippen molar-refractivity contribution < 1.29 is 37.0 Å². The highest BCUT2D eigenvalue weighted by Crippen LogP contribution is 2.35. The van der Waals surface area contributed by atoms with E-state index in [0.29, 0.717) is 17.8 Å². The molecule has 0 aliphatic carbocycles. The van der Waals surface area contributed by atoms with Crippen molar-refractivity contribution in [2.24, 2.45) is 0 Å². The average molecular weight is 429 g/mol. The number of halogens is 3. The Bertz CT molecular complexity index is 893. The number of nitrogens with one attached hydrogen (secondary N) is 1. The first kappa shape index (κ1) is 22.4. The summed E-state index contributed by atoms with van der Waals surface area (Å²) in [4.78, 5) is 35.7. The fraction of sp³-hybridized carbons (Fsp3) is 0.316. The zero-order valence-electron chi connectivity index (χ0n) is 15.6. The van der Waals surface area contributed by atoms with Crippen LogP contribution in [0.25, 0.3) is 0 Å². The van der Waals surface area contributed by atoms with Crippen LogP contribution >= 0.6 is 11.3 Å². The van der Waals surface area contributed by atoms with Crippen molar-refractivity contribution in [3.63, 3.8) is 0 Å². The summed E-state index contributed by atoms with van der Waals surface area (Å²) in [7, 11) is 0. The van der Waals surface area contributed by atoms with Gasteiger partial charge in [-0.25, -0.2) is 9.59 Å². The lowest BCUT2D eigenvalue weighted by molar-refractivity contribution is -0.167. The third-order valence-corrected chi connectivity index (χ3v) is 4.95. The number of alkyl halides is 3. The van der Waals surface area contributed by atoms with Crippen LogP contribution in [-0.4, -0.2) is 37.2 Å². The Morgan fingerprint density at radius 1 is 1.07 bits per heavy atom. The van der Waals surface area contributed by atoms with E-state index in [9.17, 15) is 27.6 Å². The zero-order chi connectivity index (χ0) is 21.6. The Hall–Kier alpha value is -2.88. The van der Waals surface area contributed by atoms with Gasteiger partial charge >= 0.3 is 24.0 Å². The van der Waals surface area contributed by atoms with Crippen molar-refractivity contribution in [2.75, 3.05) is 18.5 Å². The molecular weight excluding hydrogens is 411 g/mol. The van der Waals surface area contributed by atoms with E-state index in [2.05, 4.69) is 0 Å². The van der Waals surface area contributed by atoms with Gasteiger partial charge in [-0.05, 0) is 25.0 Å². The summed E-state index contributed by atoms with van der Waals surface area (Å²) in [5, 5.41) is 1.22. The van der Waals surface area contributed by atoms with E-state index < -0.39 is 29.0 Å². The Balaban J connectivity index is 2.22. The van der Waals surface area contributed by atoms with Crippen molar-refractivity contribution in [3.8, 4) is 0 Å². The molecule has 0 aliphatic rings. The van der Waals surface area contributed by atoms with Crippen LogP contribution in [0.4, 0.5) is 18.2 Å². The molecule has 0 aliphatic heterocycles. The molecule has 2 rings (SSSR count). The van der Waals surface area contributed by atoms with Crippen LogP contribution in [0.1, 0.15) is 38.1 Å². The first-order valence-corrected chi connectivity index (χ1v) is 9.36. The third-order valence-electron chi connectivity index (χ3n) is 3.76. The fourth-order valence-corrected chi connectivity index (χ4v) is 3.47. The van der Waals surface area contributed by atoms with E-state index in [4.69, 9.17) is 9.47 Å². The maximum absolute atomic E-state index is 12.6. The molecule has 1 amide bonds. The van der Waals surface area contributed by atoms with E-state index in [0.717, 1.165) is 5.56 Å². The van der Waals surface area contributed by atoms with Crippen LogP contribution in [-0.2, 0) is 20.7 Å². The summed E-state index contributed by atoms with van der Waals surface area (Å²) >= 11 is 0.532. The van der Waals surface area contributed by atoms with Gasteiger partial charge in [-0.15, -0.1) is 11.3 Å². The van der Waals surface area contributed by atoms with Crippen LogP contribution in [0.2, 0.25) is 0 Å². The highest BCUT2D eigenvalue weighted by Gasteiger charge is 2.40. The number of thiophene rings is 1. The zero-order valence-corrected chi connectivity index (χ0v) is 16.4. The lowest BCUT2D eigenvalue weighted by Gasteiger charge is -2.08. The molecule has 0 spiro atoms. The maximum atomic E-state index is 12.6. The van der Waals surface area contributed by atoms with Crippen LogP contribution in [0.3, 0.4) is 0 Å². The molecule has 0 bridgehead atoms. The molecule has 10 heteroatoms. The van der Waals surface area contributed by atoms with Crippen molar-refractivity contribution >= 4 is 34.2 Å². The lowest BCUT2D eigenvalue weighted by atomic mass is 10.1. The second-order valence-corrected chi connectivity index (χ2v) is 6.82. The molecule has 0 atom stereocenters. The molecule has 6 nitrogen and oxygen atoms in total. The SMILES string of the molecule is CCOC(=O)c1c(NC(=O)C(F)(F)F)sc(C(=O)OCCc2ccccc2)c1C. The number of carbonyl (C=O) groups excluding carboxylic acids is 3. The van der Waals surface area contributed by atoms with Gasteiger partial charge in [-0.2, -0.15) is 13.2 Å². The number of benzene rings is 1.